The predicted molar refractivity (Wildman–Crippen MR) is 120 cm³/mol. The molecule has 0 saturated heterocycles. The lowest BCUT2D eigenvalue weighted by Gasteiger charge is -2.11. The van der Waals surface area contributed by atoms with E-state index in [1.54, 1.807) is 49.6 Å². The van der Waals surface area contributed by atoms with Gasteiger partial charge in [-0.05, 0) is 49.4 Å². The number of methoxy groups -OCH3 is 1. The van der Waals surface area contributed by atoms with E-state index in [1.807, 2.05) is 31.2 Å². The smallest absolute Gasteiger partial charge is 0.259 e. The van der Waals surface area contributed by atoms with Crippen molar-refractivity contribution in [2.24, 2.45) is 0 Å². The highest BCUT2D eigenvalue weighted by atomic mass is 16.5. The summed E-state index contributed by atoms with van der Waals surface area (Å²) in [6.07, 6.45) is 0.0324. The van der Waals surface area contributed by atoms with Crippen LogP contribution in [0.2, 0.25) is 0 Å². The zero-order valence-corrected chi connectivity index (χ0v) is 17.6. The Balaban J connectivity index is 1.46. The van der Waals surface area contributed by atoms with Crippen molar-refractivity contribution in [1.82, 2.24) is 0 Å². The van der Waals surface area contributed by atoms with Crippen LogP contribution in [0, 0.1) is 0 Å². The minimum absolute atomic E-state index is 0.0324. The van der Waals surface area contributed by atoms with Crippen LogP contribution in [-0.4, -0.2) is 25.0 Å². The van der Waals surface area contributed by atoms with E-state index in [2.05, 4.69) is 17.6 Å². The maximum absolute atomic E-state index is 12.8. The molecule has 0 aliphatic carbocycles. The molecule has 0 spiro atoms. The molecule has 1 aliphatic rings. The molecule has 0 saturated carbocycles. The highest BCUT2D eigenvalue weighted by Crippen LogP contribution is 2.40. The summed E-state index contributed by atoms with van der Waals surface area (Å²) >= 11 is 0. The molecule has 6 heteroatoms. The molecule has 2 amide bonds. The molecular weight excluding hydrogens is 392 g/mol. The number of hydrogen-bond donors (Lipinski definition) is 2. The van der Waals surface area contributed by atoms with Gasteiger partial charge in [-0.15, -0.1) is 0 Å². The Morgan fingerprint density at radius 3 is 2.35 bits per heavy atom. The number of carbonyl (C=O) groups excluding carboxylic acids is 2. The van der Waals surface area contributed by atoms with Crippen LogP contribution in [0.3, 0.4) is 0 Å². The van der Waals surface area contributed by atoms with Crippen LogP contribution in [0.4, 0.5) is 11.4 Å². The Bertz CT molecular complexity index is 1120. The van der Waals surface area contributed by atoms with Gasteiger partial charge in [-0.2, -0.15) is 0 Å². The van der Waals surface area contributed by atoms with E-state index in [4.69, 9.17) is 9.47 Å². The number of nitrogens with one attached hydrogen (secondary N) is 2. The molecule has 2 atom stereocenters. The Morgan fingerprint density at radius 2 is 1.61 bits per heavy atom. The van der Waals surface area contributed by atoms with Crippen LogP contribution in [-0.2, 0) is 0 Å². The molecule has 2 N–H and O–H groups in total. The minimum Gasteiger partial charge on any atom is -0.495 e. The van der Waals surface area contributed by atoms with Crippen molar-refractivity contribution in [2.75, 3.05) is 17.7 Å². The lowest BCUT2D eigenvalue weighted by Crippen LogP contribution is -2.15. The fourth-order valence-electron chi connectivity index (χ4n) is 3.61. The maximum Gasteiger partial charge on any atom is 0.259 e. The molecule has 1 heterocycles. The number of para-hydroxylation sites is 3. The van der Waals surface area contributed by atoms with Crippen LogP contribution >= 0.6 is 0 Å². The van der Waals surface area contributed by atoms with Gasteiger partial charge in [-0.3, -0.25) is 9.59 Å². The van der Waals surface area contributed by atoms with Gasteiger partial charge < -0.3 is 20.1 Å². The largest absolute Gasteiger partial charge is 0.495 e. The van der Waals surface area contributed by atoms with Crippen molar-refractivity contribution in [2.45, 2.75) is 25.9 Å². The summed E-state index contributed by atoms with van der Waals surface area (Å²) in [4.78, 5) is 25.4. The summed E-state index contributed by atoms with van der Waals surface area (Å²) in [7, 11) is 1.55. The third kappa shape index (κ3) is 4.10. The minimum atomic E-state index is -0.264. The topological polar surface area (TPSA) is 76.7 Å². The van der Waals surface area contributed by atoms with E-state index >= 15 is 0 Å². The first kappa shape index (κ1) is 20.5. The first-order valence-corrected chi connectivity index (χ1v) is 10.1. The highest BCUT2D eigenvalue weighted by molar-refractivity contribution is 6.08. The van der Waals surface area contributed by atoms with Crippen LogP contribution in [0.15, 0.2) is 66.7 Å². The molecule has 4 rings (SSSR count). The van der Waals surface area contributed by atoms with E-state index in [9.17, 15) is 9.59 Å². The summed E-state index contributed by atoms with van der Waals surface area (Å²) in [5.41, 5.74) is 3.20. The zero-order valence-electron chi connectivity index (χ0n) is 17.6. The summed E-state index contributed by atoms with van der Waals surface area (Å²) in [6, 6.07) is 19.6. The summed E-state index contributed by atoms with van der Waals surface area (Å²) in [6.45, 7) is 4.09. The molecule has 0 fully saturated rings. The van der Waals surface area contributed by atoms with E-state index in [0.717, 1.165) is 5.56 Å². The van der Waals surface area contributed by atoms with Gasteiger partial charge in [-0.25, -0.2) is 0 Å². The standard InChI is InChI=1S/C25H24N2O4/c1-15-16(2)31-23-19(15)7-6-8-20(23)25(29)26-18-13-11-17(12-14-18)24(28)27-21-9-4-5-10-22(21)30-3/h4-16H,1-3H3,(H,26,29)(H,27,28)/t15-,16+/m1/s1. The number of rotatable bonds is 5. The third-order valence-electron chi connectivity index (χ3n) is 5.55. The summed E-state index contributed by atoms with van der Waals surface area (Å²) in [5.74, 6) is 0.960. The maximum atomic E-state index is 12.8. The Hall–Kier alpha value is -3.80. The van der Waals surface area contributed by atoms with Gasteiger partial charge in [0.15, 0.2) is 0 Å². The monoisotopic (exact) mass is 416 g/mol. The second-order valence-electron chi connectivity index (χ2n) is 7.52. The normalized spacial score (nSPS) is 16.7. The molecule has 0 radical (unpaired) electrons. The van der Waals surface area contributed by atoms with Gasteiger partial charge in [0.25, 0.3) is 11.8 Å². The molecule has 1 aliphatic heterocycles. The quantitative estimate of drug-likeness (QED) is 0.608. The molecule has 31 heavy (non-hydrogen) atoms. The number of hydrogen-bond acceptors (Lipinski definition) is 4. The lowest BCUT2D eigenvalue weighted by molar-refractivity contribution is 0.101. The number of benzene rings is 3. The van der Waals surface area contributed by atoms with Crippen molar-refractivity contribution in [3.05, 3.63) is 83.4 Å². The number of fused-ring (bicyclic) bond motifs is 1. The molecule has 3 aromatic rings. The highest BCUT2D eigenvalue weighted by Gasteiger charge is 2.31. The zero-order chi connectivity index (χ0) is 22.0. The van der Waals surface area contributed by atoms with Gasteiger partial charge in [0.1, 0.15) is 17.6 Å². The van der Waals surface area contributed by atoms with E-state index in [0.29, 0.717) is 34.0 Å². The fourth-order valence-corrected chi connectivity index (χ4v) is 3.61. The van der Waals surface area contributed by atoms with Crippen molar-refractivity contribution in [1.29, 1.82) is 0 Å². The summed E-state index contributed by atoms with van der Waals surface area (Å²) < 4.78 is 11.2. The van der Waals surface area contributed by atoms with E-state index < -0.39 is 0 Å². The number of anilines is 2. The molecule has 158 valence electrons. The van der Waals surface area contributed by atoms with Crippen molar-refractivity contribution >= 4 is 23.2 Å². The first-order valence-electron chi connectivity index (χ1n) is 10.1. The first-order chi connectivity index (χ1) is 15.0. The molecule has 0 bridgehead atoms. The third-order valence-corrected chi connectivity index (χ3v) is 5.55. The number of ether oxygens (including phenoxy) is 2. The fraction of sp³-hybridized carbons (Fsp3) is 0.200. The van der Waals surface area contributed by atoms with Crippen LogP contribution in [0.25, 0.3) is 0 Å². The summed E-state index contributed by atoms with van der Waals surface area (Å²) in [5, 5.41) is 5.71. The lowest BCUT2D eigenvalue weighted by atomic mass is 9.97. The Labute approximate surface area is 181 Å². The van der Waals surface area contributed by atoms with E-state index in [1.165, 1.54) is 0 Å². The average Bonchev–Trinajstić information content (AvgIpc) is 3.08. The van der Waals surface area contributed by atoms with Crippen LogP contribution < -0.4 is 20.1 Å². The molecule has 0 unspecified atom stereocenters. The SMILES string of the molecule is COc1ccccc1NC(=O)c1ccc(NC(=O)c2cccc3c2O[C@@H](C)[C@H]3C)cc1. The molecule has 6 nitrogen and oxygen atoms in total. The van der Waals surface area contributed by atoms with E-state index in [-0.39, 0.29) is 23.8 Å². The number of carbonyl (C=O) groups is 2. The second-order valence-corrected chi connectivity index (χ2v) is 7.52. The van der Waals surface area contributed by atoms with Crippen molar-refractivity contribution in [3.8, 4) is 11.5 Å². The van der Waals surface area contributed by atoms with Gasteiger partial charge >= 0.3 is 0 Å². The number of amides is 2. The van der Waals surface area contributed by atoms with Crippen molar-refractivity contribution < 1.29 is 19.1 Å². The molecular formula is C25H24N2O4. The van der Waals surface area contributed by atoms with Gasteiger partial charge in [0.05, 0.1) is 18.4 Å². The van der Waals surface area contributed by atoms with Crippen LogP contribution in [0.5, 0.6) is 11.5 Å². The average molecular weight is 416 g/mol. The Morgan fingerprint density at radius 1 is 0.871 bits per heavy atom. The Kier molecular flexibility index (Phi) is 5.62. The van der Waals surface area contributed by atoms with Gasteiger partial charge in [0, 0.05) is 22.7 Å². The van der Waals surface area contributed by atoms with Gasteiger partial charge in [-0.1, -0.05) is 31.2 Å². The molecule has 3 aromatic carbocycles. The van der Waals surface area contributed by atoms with Crippen LogP contribution in [0.1, 0.15) is 46.0 Å². The van der Waals surface area contributed by atoms with Crippen molar-refractivity contribution in [3.63, 3.8) is 0 Å². The predicted octanol–water partition coefficient (Wildman–Crippen LogP) is 5.08. The van der Waals surface area contributed by atoms with Gasteiger partial charge in [0.2, 0.25) is 0 Å². The second kappa shape index (κ2) is 8.52. The molecule has 0 aromatic heterocycles.